The van der Waals surface area contributed by atoms with Gasteiger partial charge in [0.25, 0.3) is 0 Å². The van der Waals surface area contributed by atoms with E-state index in [-0.39, 0.29) is 5.75 Å². The number of halogens is 3. The second kappa shape index (κ2) is 4.90. The van der Waals surface area contributed by atoms with E-state index in [4.69, 9.17) is 10.0 Å². The van der Waals surface area contributed by atoms with Gasteiger partial charge in [0.2, 0.25) is 0 Å². The lowest BCUT2D eigenvalue weighted by atomic mass is 10.2. The van der Waals surface area contributed by atoms with Crippen molar-refractivity contribution >= 4 is 7.32 Å². The SMILES string of the molecule is OB(O)Oc1ccc(OC(F)F)c(F)c1. The molecule has 0 aromatic heterocycles. The van der Waals surface area contributed by atoms with Gasteiger partial charge in [0.1, 0.15) is 5.75 Å². The molecule has 1 aromatic rings. The van der Waals surface area contributed by atoms with Crippen LogP contribution in [0, 0.1) is 5.82 Å². The van der Waals surface area contributed by atoms with Crippen molar-refractivity contribution in [1.29, 1.82) is 0 Å². The van der Waals surface area contributed by atoms with Crippen LogP contribution in [0.5, 0.6) is 11.5 Å². The van der Waals surface area contributed by atoms with E-state index < -0.39 is 25.5 Å². The first-order chi connectivity index (χ1) is 6.99. The lowest BCUT2D eigenvalue weighted by Crippen LogP contribution is -2.20. The zero-order valence-electron chi connectivity index (χ0n) is 7.23. The summed E-state index contributed by atoms with van der Waals surface area (Å²) in [6.45, 7) is -3.13. The molecule has 0 bridgehead atoms. The summed E-state index contributed by atoms with van der Waals surface area (Å²) in [6.07, 6.45) is 0. The van der Waals surface area contributed by atoms with E-state index in [1.807, 2.05) is 0 Å². The van der Waals surface area contributed by atoms with Crippen LogP contribution in [0.15, 0.2) is 18.2 Å². The van der Waals surface area contributed by atoms with Gasteiger partial charge in [0, 0.05) is 6.07 Å². The highest BCUT2D eigenvalue weighted by atomic mass is 19.3. The van der Waals surface area contributed by atoms with Gasteiger partial charge in [-0.15, -0.1) is 0 Å². The van der Waals surface area contributed by atoms with Crippen LogP contribution in [0.25, 0.3) is 0 Å². The minimum atomic E-state index is -3.13. The van der Waals surface area contributed by atoms with Crippen molar-refractivity contribution < 1.29 is 32.6 Å². The second-order valence-electron chi connectivity index (χ2n) is 2.41. The fourth-order valence-corrected chi connectivity index (χ4v) is 0.868. The van der Waals surface area contributed by atoms with Crippen LogP contribution in [0.1, 0.15) is 0 Å². The fraction of sp³-hybridized carbons (Fsp3) is 0.143. The number of benzene rings is 1. The average molecular weight is 222 g/mol. The third-order valence-electron chi connectivity index (χ3n) is 1.36. The molecule has 0 radical (unpaired) electrons. The minimum absolute atomic E-state index is 0.218. The number of hydrogen-bond donors (Lipinski definition) is 2. The summed E-state index contributed by atoms with van der Waals surface area (Å²) in [5.41, 5.74) is 0. The fourth-order valence-electron chi connectivity index (χ4n) is 0.868. The first kappa shape index (κ1) is 11.7. The number of rotatable bonds is 4. The number of alkyl halides is 2. The summed E-state index contributed by atoms with van der Waals surface area (Å²) in [7, 11) is -2.11. The van der Waals surface area contributed by atoms with Gasteiger partial charge in [0.05, 0.1) is 0 Å². The van der Waals surface area contributed by atoms with Gasteiger partial charge in [0.15, 0.2) is 11.6 Å². The Hall–Kier alpha value is -1.41. The third kappa shape index (κ3) is 3.68. The summed E-state index contributed by atoms with van der Waals surface area (Å²) < 4.78 is 44.5. The highest BCUT2D eigenvalue weighted by Gasteiger charge is 2.14. The molecule has 0 fully saturated rings. The Morgan fingerprint density at radius 1 is 1.27 bits per heavy atom. The Kier molecular flexibility index (Phi) is 3.81. The molecule has 0 heterocycles. The first-order valence-electron chi connectivity index (χ1n) is 3.76. The Morgan fingerprint density at radius 2 is 1.93 bits per heavy atom. The molecule has 0 aliphatic carbocycles. The molecular weight excluding hydrogens is 216 g/mol. The average Bonchev–Trinajstić information content (AvgIpc) is 2.08. The Bertz CT molecular complexity index is 334. The summed E-state index contributed by atoms with van der Waals surface area (Å²) in [5.74, 6) is -1.96. The molecule has 0 saturated heterocycles. The molecule has 0 aliphatic rings. The van der Waals surface area contributed by atoms with Crippen molar-refractivity contribution in [3.8, 4) is 11.5 Å². The molecule has 15 heavy (non-hydrogen) atoms. The smallest absolute Gasteiger partial charge is 0.512 e. The molecular formula is C7H6BF3O4. The van der Waals surface area contributed by atoms with Gasteiger partial charge >= 0.3 is 13.9 Å². The third-order valence-corrected chi connectivity index (χ3v) is 1.36. The van der Waals surface area contributed by atoms with Gasteiger partial charge in [-0.05, 0) is 12.1 Å². The van der Waals surface area contributed by atoms with E-state index in [2.05, 4.69) is 9.39 Å². The predicted octanol–water partition coefficient (Wildman–Crippen LogP) is 0.775. The van der Waals surface area contributed by atoms with Crippen molar-refractivity contribution in [3.05, 3.63) is 24.0 Å². The second-order valence-corrected chi connectivity index (χ2v) is 2.41. The zero-order chi connectivity index (χ0) is 11.4. The highest BCUT2D eigenvalue weighted by Crippen LogP contribution is 2.24. The van der Waals surface area contributed by atoms with E-state index in [9.17, 15) is 13.2 Å². The summed E-state index contributed by atoms with van der Waals surface area (Å²) in [4.78, 5) is 0. The molecule has 1 rings (SSSR count). The van der Waals surface area contributed by atoms with Gasteiger partial charge in [-0.25, -0.2) is 4.39 Å². The van der Waals surface area contributed by atoms with Gasteiger partial charge in [-0.1, -0.05) is 0 Å². The van der Waals surface area contributed by atoms with E-state index >= 15 is 0 Å². The summed E-state index contributed by atoms with van der Waals surface area (Å²) in [6, 6.07) is 2.64. The van der Waals surface area contributed by atoms with Gasteiger partial charge in [-0.2, -0.15) is 8.78 Å². The van der Waals surface area contributed by atoms with Gasteiger partial charge in [-0.3, -0.25) is 0 Å². The quantitative estimate of drug-likeness (QED) is 0.738. The van der Waals surface area contributed by atoms with E-state index in [1.54, 1.807) is 0 Å². The van der Waals surface area contributed by atoms with Crippen molar-refractivity contribution in [2.45, 2.75) is 6.61 Å². The first-order valence-corrected chi connectivity index (χ1v) is 3.76. The van der Waals surface area contributed by atoms with Crippen LogP contribution in [0.3, 0.4) is 0 Å². The number of hydrogen-bond acceptors (Lipinski definition) is 4. The van der Waals surface area contributed by atoms with Crippen molar-refractivity contribution in [2.24, 2.45) is 0 Å². The largest absolute Gasteiger partial charge is 0.707 e. The maximum absolute atomic E-state index is 13.0. The lowest BCUT2D eigenvalue weighted by molar-refractivity contribution is -0.0522. The maximum Gasteiger partial charge on any atom is 0.707 e. The molecule has 2 N–H and O–H groups in total. The monoisotopic (exact) mass is 222 g/mol. The molecule has 0 atom stereocenters. The van der Waals surface area contributed by atoms with E-state index in [0.29, 0.717) is 6.07 Å². The molecule has 8 heteroatoms. The van der Waals surface area contributed by atoms with Crippen molar-refractivity contribution in [3.63, 3.8) is 0 Å². The zero-order valence-corrected chi connectivity index (χ0v) is 7.23. The van der Waals surface area contributed by atoms with Crippen LogP contribution in [-0.2, 0) is 0 Å². The van der Waals surface area contributed by atoms with E-state index in [0.717, 1.165) is 12.1 Å². The molecule has 1 aromatic carbocycles. The number of ether oxygens (including phenoxy) is 1. The van der Waals surface area contributed by atoms with E-state index in [1.165, 1.54) is 0 Å². The van der Waals surface area contributed by atoms with Crippen molar-refractivity contribution in [1.82, 2.24) is 0 Å². The summed E-state index contributed by atoms with van der Waals surface area (Å²) in [5, 5.41) is 16.7. The lowest BCUT2D eigenvalue weighted by Gasteiger charge is -2.08. The molecule has 4 nitrogen and oxygen atoms in total. The maximum atomic E-state index is 13.0. The summed E-state index contributed by atoms with van der Waals surface area (Å²) >= 11 is 0. The molecule has 0 amide bonds. The standard InChI is InChI=1S/C7H6BF3O4/c9-5-3-4(15-8(12)13)1-2-6(5)14-7(10)11/h1-3,7,12-13H. The molecule has 0 unspecified atom stereocenters. The molecule has 0 aliphatic heterocycles. The van der Waals surface area contributed by atoms with Crippen LogP contribution in [-0.4, -0.2) is 24.0 Å². The van der Waals surface area contributed by atoms with Crippen molar-refractivity contribution in [2.75, 3.05) is 0 Å². The molecule has 82 valence electrons. The highest BCUT2D eigenvalue weighted by molar-refractivity contribution is 6.33. The van der Waals surface area contributed by atoms with Gasteiger partial charge < -0.3 is 19.4 Å². The Balaban J connectivity index is 2.78. The minimum Gasteiger partial charge on any atom is -0.512 e. The van der Waals surface area contributed by atoms with Crippen LogP contribution in [0.2, 0.25) is 0 Å². The van der Waals surface area contributed by atoms with Crippen LogP contribution in [0.4, 0.5) is 13.2 Å². The van der Waals surface area contributed by atoms with Crippen LogP contribution >= 0.6 is 0 Å². The normalized spacial score (nSPS) is 10.3. The topological polar surface area (TPSA) is 58.9 Å². The Labute approximate surface area is 83.0 Å². The van der Waals surface area contributed by atoms with Crippen LogP contribution < -0.4 is 9.39 Å². The Morgan fingerprint density at radius 3 is 2.40 bits per heavy atom. The molecule has 0 saturated carbocycles. The predicted molar refractivity (Wildman–Crippen MR) is 43.9 cm³/mol. The molecule has 0 spiro atoms.